The van der Waals surface area contributed by atoms with Gasteiger partial charge in [0.15, 0.2) is 15.0 Å². The van der Waals surface area contributed by atoms with Crippen LogP contribution in [0.2, 0.25) is 5.02 Å². The molecule has 0 saturated heterocycles. The number of sulfone groups is 1. The Hall–Kier alpha value is -1.90. The van der Waals surface area contributed by atoms with Crippen LogP contribution in [0.3, 0.4) is 0 Å². The molecule has 0 bridgehead atoms. The van der Waals surface area contributed by atoms with Crippen LogP contribution in [0, 0.1) is 0 Å². The molecule has 6 nitrogen and oxygen atoms in total. The molecule has 120 valence electrons. The van der Waals surface area contributed by atoms with E-state index in [1.54, 1.807) is 12.1 Å². The van der Waals surface area contributed by atoms with Gasteiger partial charge in [-0.3, -0.25) is 5.32 Å². The minimum absolute atomic E-state index is 0.117. The molecule has 2 aromatic rings. The Bertz CT molecular complexity index is 860. The molecule has 1 aliphatic rings. The molecule has 2 amide bonds. The van der Waals surface area contributed by atoms with Crippen LogP contribution in [0.4, 0.5) is 9.93 Å². The Balaban J connectivity index is 1.62. The van der Waals surface area contributed by atoms with E-state index in [1.165, 1.54) is 17.4 Å². The first-order valence-electron chi connectivity index (χ1n) is 6.61. The smallest absolute Gasteiger partial charge is 0.321 e. The van der Waals surface area contributed by atoms with E-state index >= 15 is 0 Å². The fourth-order valence-corrected chi connectivity index (χ4v) is 4.13. The van der Waals surface area contributed by atoms with Crippen molar-refractivity contribution < 1.29 is 13.2 Å². The molecule has 2 N–H and O–H groups in total. The van der Waals surface area contributed by atoms with Gasteiger partial charge in [0.2, 0.25) is 0 Å². The number of urea groups is 1. The number of benzene rings is 1. The minimum atomic E-state index is -3.20. The fraction of sp³-hybridized carbons (Fsp3) is 0.143. The SMILES string of the molecule is O=C(Nc1nc(-c2ccc(Cl)cc2)cs1)N[C@@H]1C=CS(=O)(=O)C1. The molecule has 0 fully saturated rings. The zero-order valence-corrected chi connectivity index (χ0v) is 14.1. The van der Waals surface area contributed by atoms with Crippen molar-refractivity contribution in [1.82, 2.24) is 10.3 Å². The first-order chi connectivity index (χ1) is 10.9. The predicted molar refractivity (Wildman–Crippen MR) is 91.4 cm³/mol. The highest BCUT2D eigenvalue weighted by molar-refractivity contribution is 7.94. The number of thiazole rings is 1. The summed E-state index contributed by atoms with van der Waals surface area (Å²) in [5, 5.41) is 9.17. The topological polar surface area (TPSA) is 88.2 Å². The molecule has 0 saturated carbocycles. The zero-order valence-electron chi connectivity index (χ0n) is 11.7. The number of hydrogen-bond donors (Lipinski definition) is 2. The van der Waals surface area contributed by atoms with E-state index in [-0.39, 0.29) is 5.75 Å². The maximum atomic E-state index is 11.9. The molecule has 1 aromatic heterocycles. The summed E-state index contributed by atoms with van der Waals surface area (Å²) in [6.45, 7) is 0. The average Bonchev–Trinajstić information content (AvgIpc) is 3.06. The molecule has 1 atom stereocenters. The fourth-order valence-electron chi connectivity index (χ4n) is 2.05. The summed E-state index contributed by atoms with van der Waals surface area (Å²) in [4.78, 5) is 16.2. The molecular weight excluding hydrogens is 358 g/mol. The summed E-state index contributed by atoms with van der Waals surface area (Å²) in [7, 11) is -3.20. The van der Waals surface area contributed by atoms with Crippen LogP contribution in [0.1, 0.15) is 0 Å². The lowest BCUT2D eigenvalue weighted by molar-refractivity contribution is 0.251. The number of nitrogens with zero attached hydrogens (tertiary/aromatic N) is 1. The first kappa shape index (κ1) is 16.0. The third kappa shape index (κ3) is 4.10. The molecule has 0 unspecified atom stereocenters. The number of carbonyl (C=O) groups excluding carboxylic acids is 1. The summed E-state index contributed by atoms with van der Waals surface area (Å²) in [6, 6.07) is 6.21. The number of halogens is 1. The number of amides is 2. The quantitative estimate of drug-likeness (QED) is 0.870. The first-order valence-corrected chi connectivity index (χ1v) is 9.58. The number of hydrogen-bond acceptors (Lipinski definition) is 5. The number of anilines is 1. The second-order valence-corrected chi connectivity index (χ2v) is 8.13. The zero-order chi connectivity index (χ0) is 16.4. The summed E-state index contributed by atoms with van der Waals surface area (Å²) in [5.74, 6) is -0.117. The molecule has 0 aliphatic carbocycles. The van der Waals surface area contributed by atoms with Crippen molar-refractivity contribution in [3.8, 4) is 11.3 Å². The van der Waals surface area contributed by atoms with Gasteiger partial charge in [0.05, 0.1) is 17.5 Å². The van der Waals surface area contributed by atoms with E-state index in [0.717, 1.165) is 16.7 Å². The van der Waals surface area contributed by atoms with Crippen LogP contribution in [0.25, 0.3) is 11.3 Å². The molecule has 23 heavy (non-hydrogen) atoms. The third-order valence-electron chi connectivity index (χ3n) is 3.11. The highest BCUT2D eigenvalue weighted by Gasteiger charge is 2.23. The number of aromatic nitrogens is 1. The van der Waals surface area contributed by atoms with E-state index in [1.807, 2.05) is 17.5 Å². The largest absolute Gasteiger partial charge is 0.331 e. The van der Waals surface area contributed by atoms with Gasteiger partial charge in [-0.15, -0.1) is 11.3 Å². The second kappa shape index (κ2) is 6.31. The molecule has 9 heteroatoms. The lowest BCUT2D eigenvalue weighted by Gasteiger charge is -2.09. The Labute approximate surface area is 142 Å². The Morgan fingerprint density at radius 3 is 2.70 bits per heavy atom. The lowest BCUT2D eigenvalue weighted by Crippen LogP contribution is -2.38. The van der Waals surface area contributed by atoms with Gasteiger partial charge in [-0.25, -0.2) is 18.2 Å². The molecular formula is C14H12ClN3O3S2. The lowest BCUT2D eigenvalue weighted by atomic mass is 10.2. The Morgan fingerprint density at radius 2 is 2.04 bits per heavy atom. The van der Waals surface area contributed by atoms with Crippen molar-refractivity contribution in [1.29, 1.82) is 0 Å². The van der Waals surface area contributed by atoms with Crippen molar-refractivity contribution in [3.05, 3.63) is 46.2 Å². The standard InChI is InChI=1S/C14H12ClN3O3S2/c15-10-3-1-9(2-4-10)12-7-22-14(17-12)18-13(19)16-11-5-6-23(20,21)8-11/h1-7,11H,8H2,(H2,16,17,18,19)/t11-/m1/s1. The van der Waals surface area contributed by atoms with E-state index < -0.39 is 21.9 Å². The molecule has 1 aromatic carbocycles. The van der Waals surface area contributed by atoms with E-state index in [2.05, 4.69) is 15.6 Å². The van der Waals surface area contributed by atoms with E-state index in [4.69, 9.17) is 11.6 Å². The second-order valence-electron chi connectivity index (χ2n) is 4.91. The van der Waals surface area contributed by atoms with Crippen LogP contribution in [0.15, 0.2) is 41.1 Å². The van der Waals surface area contributed by atoms with Gasteiger partial charge in [-0.1, -0.05) is 23.7 Å². The van der Waals surface area contributed by atoms with E-state index in [9.17, 15) is 13.2 Å². The Morgan fingerprint density at radius 1 is 1.30 bits per heavy atom. The van der Waals surface area contributed by atoms with Gasteiger partial charge in [-0.05, 0) is 18.2 Å². The summed E-state index contributed by atoms with van der Waals surface area (Å²) < 4.78 is 22.6. The summed E-state index contributed by atoms with van der Waals surface area (Å²) >= 11 is 7.13. The highest BCUT2D eigenvalue weighted by atomic mass is 35.5. The maximum absolute atomic E-state index is 11.9. The van der Waals surface area contributed by atoms with Crippen LogP contribution >= 0.6 is 22.9 Å². The van der Waals surface area contributed by atoms with Gasteiger partial charge in [0.1, 0.15) is 0 Å². The van der Waals surface area contributed by atoms with Crippen LogP contribution in [-0.4, -0.2) is 31.2 Å². The summed E-state index contributed by atoms with van der Waals surface area (Å²) in [6.07, 6.45) is 1.45. The maximum Gasteiger partial charge on any atom is 0.321 e. The molecule has 3 rings (SSSR count). The monoisotopic (exact) mass is 369 g/mol. The molecule has 2 heterocycles. The van der Waals surface area contributed by atoms with E-state index in [0.29, 0.717) is 10.2 Å². The highest BCUT2D eigenvalue weighted by Crippen LogP contribution is 2.25. The van der Waals surface area contributed by atoms with Crippen molar-refractivity contribution in [2.75, 3.05) is 11.1 Å². The number of carbonyl (C=O) groups is 1. The van der Waals surface area contributed by atoms with Crippen molar-refractivity contribution in [3.63, 3.8) is 0 Å². The van der Waals surface area contributed by atoms with Crippen LogP contribution < -0.4 is 10.6 Å². The Kier molecular flexibility index (Phi) is 4.38. The van der Waals surface area contributed by atoms with Crippen LogP contribution in [-0.2, 0) is 9.84 Å². The van der Waals surface area contributed by atoms with Gasteiger partial charge in [0, 0.05) is 21.4 Å². The van der Waals surface area contributed by atoms with Gasteiger partial charge in [-0.2, -0.15) is 0 Å². The summed E-state index contributed by atoms with van der Waals surface area (Å²) in [5.41, 5.74) is 1.62. The molecule has 0 spiro atoms. The minimum Gasteiger partial charge on any atom is -0.331 e. The van der Waals surface area contributed by atoms with Gasteiger partial charge >= 0.3 is 6.03 Å². The normalized spacial score (nSPS) is 18.7. The van der Waals surface area contributed by atoms with Gasteiger partial charge < -0.3 is 5.32 Å². The molecule has 0 radical (unpaired) electrons. The van der Waals surface area contributed by atoms with Gasteiger partial charge in [0.25, 0.3) is 0 Å². The molecule has 1 aliphatic heterocycles. The number of rotatable bonds is 3. The van der Waals surface area contributed by atoms with Crippen molar-refractivity contribution in [2.24, 2.45) is 0 Å². The van der Waals surface area contributed by atoms with Crippen molar-refractivity contribution in [2.45, 2.75) is 6.04 Å². The third-order valence-corrected chi connectivity index (χ3v) is 5.52. The number of nitrogens with one attached hydrogen (secondary N) is 2. The van der Waals surface area contributed by atoms with Crippen molar-refractivity contribution >= 4 is 43.9 Å². The predicted octanol–water partition coefficient (Wildman–Crippen LogP) is 2.90. The average molecular weight is 370 g/mol. The van der Waals surface area contributed by atoms with Crippen LogP contribution in [0.5, 0.6) is 0 Å².